The molecule has 0 spiro atoms. The number of ether oxygens (including phenoxy) is 2. The lowest BCUT2D eigenvalue weighted by atomic mass is 9.98. The molecule has 1 unspecified atom stereocenters. The van der Waals surface area contributed by atoms with Crippen LogP contribution in [-0.4, -0.2) is 17.4 Å². The molecule has 5 nitrogen and oxygen atoms in total. The Morgan fingerprint density at radius 2 is 1.83 bits per heavy atom. The second-order valence-corrected chi connectivity index (χ2v) is 6.81. The van der Waals surface area contributed by atoms with Crippen LogP contribution < -0.4 is 9.47 Å². The van der Waals surface area contributed by atoms with Gasteiger partial charge in [-0.1, -0.05) is 19.1 Å². The van der Waals surface area contributed by atoms with Crippen molar-refractivity contribution in [1.82, 2.24) is 4.98 Å². The number of fused-ring (bicyclic) bond motifs is 1. The van der Waals surface area contributed by atoms with Crippen LogP contribution in [0, 0.1) is 11.3 Å². The first-order valence-electron chi connectivity index (χ1n) is 9.59. The highest BCUT2D eigenvalue weighted by atomic mass is 16.5. The third-order valence-corrected chi connectivity index (χ3v) is 5.04. The summed E-state index contributed by atoms with van der Waals surface area (Å²) in [5.41, 5.74) is 3.98. The van der Waals surface area contributed by atoms with Crippen molar-refractivity contribution in [3.8, 4) is 17.6 Å². The van der Waals surface area contributed by atoms with Crippen LogP contribution in [0.25, 0.3) is 0 Å². The van der Waals surface area contributed by atoms with Gasteiger partial charge in [-0.05, 0) is 53.9 Å². The molecule has 1 aliphatic heterocycles. The number of aromatic nitrogens is 1. The molecule has 5 heteroatoms. The number of benzene rings is 2. The Hall–Kier alpha value is -3.65. The third kappa shape index (κ3) is 3.70. The SMILES string of the molecule is CCc1c(OC(c2ccncc2)c2ccc(C#N)cc2)ccc2c1OCCC2=O. The van der Waals surface area contributed by atoms with Crippen LogP contribution in [0.3, 0.4) is 0 Å². The number of rotatable bonds is 5. The maximum absolute atomic E-state index is 12.2. The average molecular weight is 384 g/mol. The van der Waals surface area contributed by atoms with Crippen LogP contribution in [0.15, 0.2) is 60.9 Å². The van der Waals surface area contributed by atoms with Gasteiger partial charge in [0.2, 0.25) is 0 Å². The van der Waals surface area contributed by atoms with E-state index in [4.69, 9.17) is 14.7 Å². The molecule has 0 saturated heterocycles. The standard InChI is InChI=1S/C24H20N2O3/c1-2-19-22(8-7-20-21(27)11-14-28-24(19)20)29-23(18-9-12-26-13-10-18)17-5-3-16(15-25)4-6-17/h3-10,12-13,23H,2,11,14H2,1H3. The monoisotopic (exact) mass is 384 g/mol. The first-order chi connectivity index (χ1) is 14.2. The molecule has 0 amide bonds. The molecule has 0 N–H and O–H groups in total. The quantitative estimate of drug-likeness (QED) is 0.640. The van der Waals surface area contributed by atoms with Gasteiger partial charge in [0, 0.05) is 24.4 Å². The van der Waals surface area contributed by atoms with Gasteiger partial charge in [-0.2, -0.15) is 5.26 Å². The Kier molecular flexibility index (Phi) is 5.26. The summed E-state index contributed by atoms with van der Waals surface area (Å²) in [7, 11) is 0. The van der Waals surface area contributed by atoms with Gasteiger partial charge in [0.15, 0.2) is 5.78 Å². The van der Waals surface area contributed by atoms with Gasteiger partial charge in [-0.25, -0.2) is 0 Å². The van der Waals surface area contributed by atoms with Crippen molar-refractivity contribution in [2.24, 2.45) is 0 Å². The summed E-state index contributed by atoms with van der Waals surface area (Å²) < 4.78 is 12.3. The summed E-state index contributed by atoms with van der Waals surface area (Å²) in [5, 5.41) is 9.09. The maximum atomic E-state index is 12.2. The van der Waals surface area contributed by atoms with Gasteiger partial charge < -0.3 is 9.47 Å². The van der Waals surface area contributed by atoms with E-state index < -0.39 is 0 Å². The first-order valence-corrected chi connectivity index (χ1v) is 9.59. The highest BCUT2D eigenvalue weighted by Gasteiger charge is 2.25. The molecule has 29 heavy (non-hydrogen) atoms. The Morgan fingerprint density at radius 3 is 2.52 bits per heavy atom. The largest absolute Gasteiger partial charge is 0.492 e. The normalized spacial score (nSPS) is 13.7. The zero-order valence-electron chi connectivity index (χ0n) is 16.1. The van der Waals surface area contributed by atoms with E-state index in [1.807, 2.05) is 37.3 Å². The highest BCUT2D eigenvalue weighted by molar-refractivity contribution is 6.00. The lowest BCUT2D eigenvalue weighted by Gasteiger charge is -2.25. The van der Waals surface area contributed by atoms with Gasteiger partial charge in [0.25, 0.3) is 0 Å². The number of carbonyl (C=O) groups is 1. The number of ketones is 1. The van der Waals surface area contributed by atoms with E-state index in [9.17, 15) is 4.79 Å². The van der Waals surface area contributed by atoms with Crippen molar-refractivity contribution < 1.29 is 14.3 Å². The van der Waals surface area contributed by atoms with Crippen LogP contribution in [0.2, 0.25) is 0 Å². The van der Waals surface area contributed by atoms with Crippen LogP contribution in [0.5, 0.6) is 11.5 Å². The van der Waals surface area contributed by atoms with Gasteiger partial charge in [0.05, 0.1) is 23.8 Å². The van der Waals surface area contributed by atoms with Crippen molar-refractivity contribution in [3.63, 3.8) is 0 Å². The Morgan fingerprint density at radius 1 is 1.10 bits per heavy atom. The molecular weight excluding hydrogens is 364 g/mol. The van der Waals surface area contributed by atoms with E-state index in [-0.39, 0.29) is 11.9 Å². The van der Waals surface area contributed by atoms with Crippen LogP contribution in [0.4, 0.5) is 0 Å². The topological polar surface area (TPSA) is 72.2 Å². The minimum Gasteiger partial charge on any atom is -0.492 e. The minimum atomic E-state index is -0.381. The molecule has 2 aromatic carbocycles. The molecule has 0 bridgehead atoms. The van der Waals surface area contributed by atoms with Gasteiger partial charge >= 0.3 is 0 Å². The fourth-order valence-corrected chi connectivity index (χ4v) is 3.55. The second kappa shape index (κ2) is 8.15. The van der Waals surface area contributed by atoms with Crippen LogP contribution in [-0.2, 0) is 6.42 Å². The number of nitrogens with zero attached hydrogens (tertiary/aromatic N) is 2. The van der Waals surface area contributed by atoms with Gasteiger partial charge in [-0.3, -0.25) is 9.78 Å². The van der Waals surface area contributed by atoms with Crippen molar-refractivity contribution in [1.29, 1.82) is 5.26 Å². The number of carbonyl (C=O) groups excluding carboxylic acids is 1. The highest BCUT2D eigenvalue weighted by Crippen LogP contribution is 2.39. The predicted octanol–water partition coefficient (Wildman–Crippen LogP) is 4.65. The van der Waals surface area contributed by atoms with Crippen molar-refractivity contribution in [3.05, 3.63) is 88.7 Å². The van der Waals surface area contributed by atoms with Gasteiger partial charge in [-0.15, -0.1) is 0 Å². The molecule has 0 aliphatic carbocycles. The summed E-state index contributed by atoms with van der Waals surface area (Å²) in [4.78, 5) is 16.3. The maximum Gasteiger partial charge on any atom is 0.170 e. The lowest BCUT2D eigenvalue weighted by molar-refractivity contribution is 0.0932. The van der Waals surface area contributed by atoms with Crippen molar-refractivity contribution in [2.75, 3.05) is 6.61 Å². The lowest BCUT2D eigenvalue weighted by Crippen LogP contribution is -2.18. The van der Waals surface area contributed by atoms with E-state index in [1.54, 1.807) is 30.6 Å². The zero-order valence-corrected chi connectivity index (χ0v) is 16.1. The number of nitriles is 1. The number of hydrogen-bond acceptors (Lipinski definition) is 5. The third-order valence-electron chi connectivity index (χ3n) is 5.04. The van der Waals surface area contributed by atoms with Crippen LogP contribution >= 0.6 is 0 Å². The predicted molar refractivity (Wildman–Crippen MR) is 108 cm³/mol. The second-order valence-electron chi connectivity index (χ2n) is 6.81. The Balaban J connectivity index is 1.77. The summed E-state index contributed by atoms with van der Waals surface area (Å²) in [6.07, 6.45) is 4.16. The zero-order chi connectivity index (χ0) is 20.2. The number of Topliss-reactive ketones (excluding diaryl/α,β-unsaturated/α-hetero) is 1. The summed E-state index contributed by atoms with van der Waals surface area (Å²) in [6, 6.07) is 16.9. The van der Waals surface area contributed by atoms with Crippen molar-refractivity contribution >= 4 is 5.78 Å². The first kappa shape index (κ1) is 18.7. The molecule has 0 radical (unpaired) electrons. The summed E-state index contributed by atoms with van der Waals surface area (Å²) in [5.74, 6) is 1.42. The molecule has 0 saturated carbocycles. The Labute approximate surface area is 169 Å². The molecule has 1 aliphatic rings. The van der Waals surface area contributed by atoms with Crippen LogP contribution in [0.1, 0.15) is 52.1 Å². The molecule has 1 aromatic heterocycles. The Bertz CT molecular complexity index is 1070. The summed E-state index contributed by atoms with van der Waals surface area (Å²) >= 11 is 0. The minimum absolute atomic E-state index is 0.102. The smallest absolute Gasteiger partial charge is 0.170 e. The molecule has 0 fully saturated rings. The molecule has 2 heterocycles. The van der Waals surface area contributed by atoms with E-state index >= 15 is 0 Å². The molecule has 4 rings (SSSR count). The average Bonchev–Trinajstić information content (AvgIpc) is 2.78. The van der Waals surface area contributed by atoms with E-state index in [1.165, 1.54) is 0 Å². The molecule has 144 valence electrons. The number of hydrogen-bond donors (Lipinski definition) is 0. The fourth-order valence-electron chi connectivity index (χ4n) is 3.55. The van der Waals surface area contributed by atoms with Crippen molar-refractivity contribution in [2.45, 2.75) is 25.9 Å². The number of pyridine rings is 1. The van der Waals surface area contributed by atoms with E-state index in [0.29, 0.717) is 42.1 Å². The van der Waals surface area contributed by atoms with E-state index in [2.05, 4.69) is 11.1 Å². The van der Waals surface area contributed by atoms with E-state index in [0.717, 1.165) is 16.7 Å². The van der Waals surface area contributed by atoms with Gasteiger partial charge in [0.1, 0.15) is 17.6 Å². The molecule has 3 aromatic rings. The fraction of sp³-hybridized carbons (Fsp3) is 0.208. The molecular formula is C24H20N2O3. The summed E-state index contributed by atoms with van der Waals surface area (Å²) in [6.45, 7) is 2.42. The molecule has 1 atom stereocenters.